The zero-order chi connectivity index (χ0) is 19.1. The van der Waals surface area contributed by atoms with Crippen LogP contribution in [0.15, 0.2) is 41.3 Å². The van der Waals surface area contributed by atoms with E-state index in [4.69, 9.17) is 4.74 Å². The number of nitrogens with zero attached hydrogens (tertiary/aromatic N) is 1. The number of sulfone groups is 1. The summed E-state index contributed by atoms with van der Waals surface area (Å²) >= 11 is 0. The van der Waals surface area contributed by atoms with E-state index >= 15 is 0 Å². The van der Waals surface area contributed by atoms with Gasteiger partial charge < -0.3 is 9.64 Å². The normalized spacial score (nSPS) is 13.8. The van der Waals surface area contributed by atoms with E-state index in [1.54, 1.807) is 11.0 Å². The SMILES string of the molecule is Bc1cccc2c1CN(C(=O)c1cc(S(C)(=O)=O)ccc1OC(C)C)C2. The summed E-state index contributed by atoms with van der Waals surface area (Å²) in [5.74, 6) is 0.187. The lowest BCUT2D eigenvalue weighted by Crippen LogP contribution is -2.27. The molecule has 0 aliphatic carbocycles. The Morgan fingerprint density at radius 2 is 1.92 bits per heavy atom. The average molecular weight is 371 g/mol. The van der Waals surface area contributed by atoms with Crippen molar-refractivity contribution in [1.29, 1.82) is 0 Å². The number of hydrogen-bond donors (Lipinski definition) is 0. The van der Waals surface area contributed by atoms with Crippen LogP contribution in [0.3, 0.4) is 0 Å². The molecule has 136 valence electrons. The summed E-state index contributed by atoms with van der Waals surface area (Å²) in [6, 6.07) is 10.5. The molecule has 0 fully saturated rings. The first-order valence-electron chi connectivity index (χ1n) is 8.54. The summed E-state index contributed by atoms with van der Waals surface area (Å²) in [4.78, 5) is 15.0. The highest BCUT2D eigenvalue weighted by molar-refractivity contribution is 7.90. The monoisotopic (exact) mass is 371 g/mol. The predicted octanol–water partition coefficient (Wildman–Crippen LogP) is 1.29. The lowest BCUT2D eigenvalue weighted by atomic mass is 9.89. The molecule has 0 atom stereocenters. The van der Waals surface area contributed by atoms with Gasteiger partial charge >= 0.3 is 0 Å². The van der Waals surface area contributed by atoms with Crippen molar-refractivity contribution in [1.82, 2.24) is 4.90 Å². The molecule has 1 aliphatic rings. The Bertz CT molecular complexity index is 969. The minimum atomic E-state index is -3.41. The number of benzene rings is 2. The van der Waals surface area contributed by atoms with E-state index in [1.807, 2.05) is 39.9 Å². The Kier molecular flexibility index (Phi) is 4.84. The number of hydrogen-bond acceptors (Lipinski definition) is 4. The summed E-state index contributed by atoms with van der Waals surface area (Å²) in [5, 5.41) is 0. The van der Waals surface area contributed by atoms with Crippen LogP contribution in [0, 0.1) is 0 Å². The number of amides is 1. The smallest absolute Gasteiger partial charge is 0.258 e. The predicted molar refractivity (Wildman–Crippen MR) is 104 cm³/mol. The Balaban J connectivity index is 1.99. The lowest BCUT2D eigenvalue weighted by Gasteiger charge is -2.20. The largest absolute Gasteiger partial charge is 0.490 e. The fourth-order valence-electron chi connectivity index (χ4n) is 3.17. The molecule has 2 aromatic rings. The molecule has 2 aromatic carbocycles. The summed E-state index contributed by atoms with van der Waals surface area (Å²) in [7, 11) is -1.38. The van der Waals surface area contributed by atoms with Gasteiger partial charge in [-0.25, -0.2) is 8.42 Å². The Hall–Kier alpha value is -2.28. The number of rotatable bonds is 4. The molecule has 1 amide bonds. The van der Waals surface area contributed by atoms with Gasteiger partial charge in [0.1, 0.15) is 13.6 Å². The third-order valence-electron chi connectivity index (χ3n) is 4.48. The minimum absolute atomic E-state index is 0.116. The van der Waals surface area contributed by atoms with Crippen LogP contribution in [0.4, 0.5) is 0 Å². The number of ether oxygens (including phenoxy) is 1. The second kappa shape index (κ2) is 6.80. The first-order valence-corrected chi connectivity index (χ1v) is 10.4. The number of carbonyl (C=O) groups is 1. The van der Waals surface area contributed by atoms with Crippen LogP contribution in [0.5, 0.6) is 5.75 Å². The van der Waals surface area contributed by atoms with Crippen molar-refractivity contribution < 1.29 is 17.9 Å². The van der Waals surface area contributed by atoms with E-state index in [9.17, 15) is 13.2 Å². The Morgan fingerprint density at radius 1 is 1.19 bits per heavy atom. The van der Waals surface area contributed by atoms with Crippen LogP contribution in [-0.4, -0.2) is 39.4 Å². The van der Waals surface area contributed by atoms with Gasteiger partial charge in [0.2, 0.25) is 0 Å². The minimum Gasteiger partial charge on any atom is -0.490 e. The summed E-state index contributed by atoms with van der Waals surface area (Å²) in [5.41, 5.74) is 3.73. The van der Waals surface area contributed by atoms with Crippen LogP contribution >= 0.6 is 0 Å². The molecular formula is C19H22BNO4S. The van der Waals surface area contributed by atoms with Gasteiger partial charge in [0, 0.05) is 19.3 Å². The van der Waals surface area contributed by atoms with Crippen molar-refractivity contribution in [2.24, 2.45) is 0 Å². The molecule has 3 rings (SSSR count). The van der Waals surface area contributed by atoms with E-state index in [0.717, 1.165) is 22.8 Å². The molecule has 1 aliphatic heterocycles. The van der Waals surface area contributed by atoms with E-state index in [-0.39, 0.29) is 22.5 Å². The maximum atomic E-state index is 13.2. The Morgan fingerprint density at radius 3 is 2.54 bits per heavy atom. The summed E-state index contributed by atoms with van der Waals surface area (Å²) < 4.78 is 29.6. The molecule has 0 saturated heterocycles. The van der Waals surface area contributed by atoms with E-state index in [2.05, 4.69) is 0 Å². The molecule has 0 radical (unpaired) electrons. The zero-order valence-electron chi connectivity index (χ0n) is 15.4. The molecule has 7 heteroatoms. The van der Waals surface area contributed by atoms with Crippen LogP contribution in [0.1, 0.15) is 35.3 Å². The van der Waals surface area contributed by atoms with Gasteiger partial charge in [-0.15, -0.1) is 0 Å². The fraction of sp³-hybridized carbons (Fsp3) is 0.316. The van der Waals surface area contributed by atoms with Crippen molar-refractivity contribution in [2.75, 3.05) is 6.26 Å². The van der Waals surface area contributed by atoms with E-state index in [0.29, 0.717) is 18.8 Å². The van der Waals surface area contributed by atoms with Crippen LogP contribution in [-0.2, 0) is 22.9 Å². The lowest BCUT2D eigenvalue weighted by molar-refractivity contribution is 0.0745. The third-order valence-corrected chi connectivity index (χ3v) is 5.59. The third kappa shape index (κ3) is 3.63. The average Bonchev–Trinajstić information content (AvgIpc) is 2.98. The van der Waals surface area contributed by atoms with Gasteiger partial charge in [0.05, 0.1) is 16.6 Å². The zero-order valence-corrected chi connectivity index (χ0v) is 16.3. The van der Waals surface area contributed by atoms with Gasteiger partial charge in [-0.3, -0.25) is 4.79 Å². The number of fused-ring (bicyclic) bond motifs is 1. The van der Waals surface area contributed by atoms with Crippen LogP contribution < -0.4 is 10.2 Å². The van der Waals surface area contributed by atoms with E-state index in [1.165, 1.54) is 12.1 Å². The maximum absolute atomic E-state index is 13.2. The van der Waals surface area contributed by atoms with Gasteiger partial charge in [0.15, 0.2) is 9.84 Å². The number of carbonyl (C=O) groups excluding carboxylic acids is 1. The molecule has 0 bridgehead atoms. The molecule has 0 saturated carbocycles. The molecular weight excluding hydrogens is 349 g/mol. The second-order valence-corrected chi connectivity index (χ2v) is 8.99. The van der Waals surface area contributed by atoms with Gasteiger partial charge in [0.25, 0.3) is 5.91 Å². The van der Waals surface area contributed by atoms with Crippen molar-refractivity contribution in [3.05, 3.63) is 53.1 Å². The first-order chi connectivity index (χ1) is 12.2. The van der Waals surface area contributed by atoms with Gasteiger partial charge in [-0.2, -0.15) is 0 Å². The molecule has 0 spiro atoms. The van der Waals surface area contributed by atoms with Crippen molar-refractivity contribution in [3.63, 3.8) is 0 Å². The van der Waals surface area contributed by atoms with Crippen LogP contribution in [0.2, 0.25) is 0 Å². The molecule has 5 nitrogen and oxygen atoms in total. The van der Waals surface area contributed by atoms with Crippen LogP contribution in [0.25, 0.3) is 0 Å². The second-order valence-electron chi connectivity index (χ2n) is 6.97. The first kappa shape index (κ1) is 18.5. The molecule has 26 heavy (non-hydrogen) atoms. The molecule has 0 unspecified atom stereocenters. The van der Waals surface area contributed by atoms with Crippen molar-refractivity contribution >= 4 is 29.1 Å². The van der Waals surface area contributed by atoms with Gasteiger partial charge in [-0.1, -0.05) is 23.7 Å². The van der Waals surface area contributed by atoms with Crippen molar-refractivity contribution in [3.8, 4) is 5.75 Å². The fourth-order valence-corrected chi connectivity index (χ4v) is 3.81. The standard InChI is InChI=1S/C19H22BNO4S/c1-12(2)25-18-8-7-14(26(3,23)24)9-15(18)19(22)21-10-13-5-4-6-17(20)16(13)11-21/h4-9,12H,10-11,20H2,1-3H3. The van der Waals surface area contributed by atoms with Crippen molar-refractivity contribution in [2.45, 2.75) is 37.9 Å². The molecule has 0 aromatic heterocycles. The highest BCUT2D eigenvalue weighted by Crippen LogP contribution is 2.29. The Labute approximate surface area is 155 Å². The highest BCUT2D eigenvalue weighted by atomic mass is 32.2. The topological polar surface area (TPSA) is 63.7 Å². The summed E-state index contributed by atoms with van der Waals surface area (Å²) in [6.07, 6.45) is 1.01. The molecule has 1 heterocycles. The summed E-state index contributed by atoms with van der Waals surface area (Å²) in [6.45, 7) is 4.77. The highest BCUT2D eigenvalue weighted by Gasteiger charge is 2.28. The van der Waals surface area contributed by atoms with E-state index < -0.39 is 9.84 Å². The van der Waals surface area contributed by atoms with Gasteiger partial charge in [-0.05, 0) is 43.2 Å². The maximum Gasteiger partial charge on any atom is 0.258 e. The molecule has 0 N–H and O–H groups in total. The quantitative estimate of drug-likeness (QED) is 0.760.